The highest BCUT2D eigenvalue weighted by molar-refractivity contribution is 6.22. The summed E-state index contributed by atoms with van der Waals surface area (Å²) in [6.07, 6.45) is 6.23. The Hall–Kier alpha value is -0.170. The van der Waals surface area contributed by atoms with E-state index in [1.807, 2.05) is 0 Å². The van der Waals surface area contributed by atoms with Gasteiger partial charge in [0.15, 0.2) is 0 Å². The summed E-state index contributed by atoms with van der Waals surface area (Å²) >= 11 is 6.46. The van der Waals surface area contributed by atoms with Crippen LogP contribution in [0.4, 0.5) is 0 Å². The van der Waals surface area contributed by atoms with Crippen molar-refractivity contribution in [3.63, 3.8) is 0 Å². The summed E-state index contributed by atoms with van der Waals surface area (Å²) in [5.41, 5.74) is 3.34. The molecule has 1 aliphatic carbocycles. The van der Waals surface area contributed by atoms with Crippen molar-refractivity contribution in [3.05, 3.63) is 11.3 Å². The van der Waals surface area contributed by atoms with E-state index in [4.69, 9.17) is 11.6 Å². The highest BCUT2D eigenvalue weighted by Gasteiger charge is 2.30. The molecule has 1 N–H and O–H groups in total. The minimum absolute atomic E-state index is 0.225. The monoisotopic (exact) mass is 213 g/mol. The van der Waals surface area contributed by atoms with Crippen molar-refractivity contribution >= 4 is 11.6 Å². The minimum atomic E-state index is 0.225. The van der Waals surface area contributed by atoms with Gasteiger partial charge in [0.25, 0.3) is 0 Å². The van der Waals surface area contributed by atoms with Crippen molar-refractivity contribution in [2.24, 2.45) is 5.41 Å². The zero-order valence-corrected chi connectivity index (χ0v) is 9.95. The third kappa shape index (κ3) is 2.08. The second kappa shape index (κ2) is 3.77. The molecule has 14 heavy (non-hydrogen) atoms. The molecule has 0 radical (unpaired) electrons. The number of hydrogen-bond acceptors (Lipinski definition) is 1. The summed E-state index contributed by atoms with van der Waals surface area (Å²) < 4.78 is 0. The number of hydrogen-bond donors (Lipinski definition) is 1. The predicted molar refractivity (Wildman–Crippen MR) is 61.5 cm³/mol. The fourth-order valence-electron chi connectivity index (χ4n) is 2.30. The van der Waals surface area contributed by atoms with Gasteiger partial charge in [-0.05, 0) is 43.1 Å². The van der Waals surface area contributed by atoms with Gasteiger partial charge < -0.3 is 5.32 Å². The van der Waals surface area contributed by atoms with E-state index in [1.165, 1.54) is 31.4 Å². The van der Waals surface area contributed by atoms with E-state index < -0.39 is 0 Å². The van der Waals surface area contributed by atoms with E-state index in [-0.39, 0.29) is 5.38 Å². The number of halogens is 1. The van der Waals surface area contributed by atoms with Gasteiger partial charge in [-0.2, -0.15) is 0 Å². The van der Waals surface area contributed by atoms with Gasteiger partial charge in [-0.3, -0.25) is 0 Å². The van der Waals surface area contributed by atoms with Crippen LogP contribution in [0, 0.1) is 5.41 Å². The lowest BCUT2D eigenvalue weighted by molar-refractivity contribution is 0.326. The first-order chi connectivity index (χ1) is 6.58. The average molecular weight is 214 g/mol. The van der Waals surface area contributed by atoms with E-state index in [0.717, 1.165) is 13.0 Å². The average Bonchev–Trinajstić information content (AvgIpc) is 2.07. The number of alkyl halides is 1. The van der Waals surface area contributed by atoms with Gasteiger partial charge in [0.05, 0.1) is 5.38 Å². The Labute approximate surface area is 91.9 Å². The number of allylic oxidation sites excluding steroid dienone is 2. The summed E-state index contributed by atoms with van der Waals surface area (Å²) in [5.74, 6) is 0. The fraction of sp³-hybridized carbons (Fsp3) is 0.833. The molecular formula is C12H20ClN. The molecule has 0 spiro atoms. The Morgan fingerprint density at radius 3 is 2.64 bits per heavy atom. The lowest BCUT2D eigenvalue weighted by atomic mass is 9.83. The van der Waals surface area contributed by atoms with Crippen molar-refractivity contribution in [1.82, 2.24) is 5.32 Å². The SMILES string of the molecule is CC1(C)CCNC(=C2CCC2)C(Cl)C1. The summed E-state index contributed by atoms with van der Waals surface area (Å²) in [4.78, 5) is 0. The Kier molecular flexibility index (Phi) is 2.79. The van der Waals surface area contributed by atoms with Crippen LogP contribution in [-0.2, 0) is 0 Å². The van der Waals surface area contributed by atoms with E-state index in [2.05, 4.69) is 19.2 Å². The zero-order chi connectivity index (χ0) is 10.2. The standard InChI is InChI=1S/C12H20ClN/c1-12(2)6-7-14-11(10(13)8-12)9-4-3-5-9/h10,14H,3-8H2,1-2H3. The molecule has 2 aliphatic rings. The molecule has 0 aromatic heterocycles. The Bertz CT molecular complexity index is 249. The van der Waals surface area contributed by atoms with Gasteiger partial charge in [0.1, 0.15) is 0 Å². The molecule has 0 amide bonds. The van der Waals surface area contributed by atoms with Crippen LogP contribution < -0.4 is 5.32 Å². The summed E-state index contributed by atoms with van der Waals surface area (Å²) in [6.45, 7) is 5.73. The van der Waals surface area contributed by atoms with Crippen LogP contribution in [-0.4, -0.2) is 11.9 Å². The van der Waals surface area contributed by atoms with Gasteiger partial charge in [0.2, 0.25) is 0 Å². The van der Waals surface area contributed by atoms with Gasteiger partial charge in [-0.25, -0.2) is 0 Å². The van der Waals surface area contributed by atoms with Crippen LogP contribution in [0.3, 0.4) is 0 Å². The smallest absolute Gasteiger partial charge is 0.0736 e. The Morgan fingerprint density at radius 2 is 2.07 bits per heavy atom. The second-order valence-corrected chi connectivity index (χ2v) is 5.91. The van der Waals surface area contributed by atoms with Crippen molar-refractivity contribution < 1.29 is 0 Å². The molecule has 1 aliphatic heterocycles. The van der Waals surface area contributed by atoms with E-state index in [0.29, 0.717) is 5.41 Å². The molecular weight excluding hydrogens is 194 g/mol. The lowest BCUT2D eigenvalue weighted by Gasteiger charge is -2.26. The highest BCUT2D eigenvalue weighted by atomic mass is 35.5. The molecule has 0 aromatic carbocycles. The third-order valence-corrected chi connectivity index (χ3v) is 3.87. The van der Waals surface area contributed by atoms with Crippen molar-refractivity contribution in [2.75, 3.05) is 6.54 Å². The van der Waals surface area contributed by atoms with Gasteiger partial charge in [0, 0.05) is 12.2 Å². The van der Waals surface area contributed by atoms with Crippen molar-refractivity contribution in [2.45, 2.75) is 51.3 Å². The van der Waals surface area contributed by atoms with Crippen LogP contribution >= 0.6 is 11.6 Å². The van der Waals surface area contributed by atoms with Crippen LogP contribution in [0.5, 0.6) is 0 Å². The molecule has 1 atom stereocenters. The fourth-order valence-corrected chi connectivity index (χ4v) is 2.95. The normalized spacial score (nSPS) is 31.8. The van der Waals surface area contributed by atoms with Crippen LogP contribution in [0.25, 0.3) is 0 Å². The Balaban J connectivity index is 2.13. The van der Waals surface area contributed by atoms with E-state index >= 15 is 0 Å². The summed E-state index contributed by atoms with van der Waals surface area (Å²) in [6, 6.07) is 0. The molecule has 80 valence electrons. The predicted octanol–water partition coefficient (Wildman–Crippen LogP) is 3.44. The maximum Gasteiger partial charge on any atom is 0.0736 e. The molecule has 1 saturated heterocycles. The third-order valence-electron chi connectivity index (χ3n) is 3.50. The van der Waals surface area contributed by atoms with Gasteiger partial charge in [-0.1, -0.05) is 13.8 Å². The first-order valence-corrected chi connectivity index (χ1v) is 6.12. The van der Waals surface area contributed by atoms with Crippen LogP contribution in [0.1, 0.15) is 46.0 Å². The van der Waals surface area contributed by atoms with Gasteiger partial charge in [-0.15, -0.1) is 11.6 Å². The van der Waals surface area contributed by atoms with E-state index in [1.54, 1.807) is 5.57 Å². The first-order valence-electron chi connectivity index (χ1n) is 5.68. The molecule has 1 nitrogen and oxygen atoms in total. The molecule has 2 heteroatoms. The Morgan fingerprint density at radius 1 is 1.36 bits per heavy atom. The molecule has 0 aromatic rings. The van der Waals surface area contributed by atoms with Crippen molar-refractivity contribution in [1.29, 1.82) is 0 Å². The summed E-state index contributed by atoms with van der Waals surface area (Å²) in [7, 11) is 0. The molecule has 2 rings (SSSR count). The maximum atomic E-state index is 6.46. The topological polar surface area (TPSA) is 12.0 Å². The largest absolute Gasteiger partial charge is 0.387 e. The van der Waals surface area contributed by atoms with Crippen LogP contribution in [0.2, 0.25) is 0 Å². The first kappa shape index (κ1) is 10.4. The molecule has 0 bridgehead atoms. The maximum absolute atomic E-state index is 6.46. The zero-order valence-electron chi connectivity index (χ0n) is 9.20. The van der Waals surface area contributed by atoms with Gasteiger partial charge >= 0.3 is 0 Å². The minimum Gasteiger partial charge on any atom is -0.387 e. The van der Waals surface area contributed by atoms with E-state index in [9.17, 15) is 0 Å². The molecule has 1 heterocycles. The number of rotatable bonds is 0. The molecule has 1 unspecified atom stereocenters. The lowest BCUT2D eigenvalue weighted by Crippen LogP contribution is -2.23. The molecule has 2 fully saturated rings. The van der Waals surface area contributed by atoms with Crippen molar-refractivity contribution in [3.8, 4) is 0 Å². The van der Waals surface area contributed by atoms with Crippen LogP contribution in [0.15, 0.2) is 11.3 Å². The second-order valence-electron chi connectivity index (χ2n) is 5.38. The summed E-state index contributed by atoms with van der Waals surface area (Å²) in [5, 5.41) is 3.76. The molecule has 1 saturated carbocycles. The quantitative estimate of drug-likeness (QED) is 0.608. The highest BCUT2D eigenvalue weighted by Crippen LogP contribution is 2.37. The number of nitrogens with one attached hydrogen (secondary N) is 1.